The molecule has 2 rings (SSSR count). The van der Waals surface area contributed by atoms with E-state index >= 15 is 0 Å². The molecule has 0 aliphatic rings. The first kappa shape index (κ1) is 23.5. The molecule has 2 amide bonds. The predicted molar refractivity (Wildman–Crippen MR) is 120 cm³/mol. The van der Waals surface area contributed by atoms with Crippen LogP contribution in [0.2, 0.25) is 0 Å². The minimum atomic E-state index is -0.468. The van der Waals surface area contributed by atoms with Crippen molar-refractivity contribution in [2.75, 3.05) is 13.2 Å². The van der Waals surface area contributed by atoms with Gasteiger partial charge < -0.3 is 15.0 Å². The van der Waals surface area contributed by atoms with E-state index in [-0.39, 0.29) is 11.8 Å². The maximum Gasteiger partial charge on any atom is 0.242 e. The SMILES string of the molecule is CCCCNC(=O)[C@H](CC)N(Cc1ccccc1)C(=O)CCCOc1ccccc1. The number of amides is 2. The van der Waals surface area contributed by atoms with Crippen molar-refractivity contribution in [3.8, 4) is 5.75 Å². The fourth-order valence-electron chi connectivity index (χ4n) is 3.28. The Bertz CT molecular complexity index is 750. The maximum atomic E-state index is 13.1. The van der Waals surface area contributed by atoms with Gasteiger partial charge in [0.25, 0.3) is 0 Å². The van der Waals surface area contributed by atoms with Gasteiger partial charge in [-0.15, -0.1) is 0 Å². The van der Waals surface area contributed by atoms with Crippen LogP contribution in [0.5, 0.6) is 5.75 Å². The zero-order valence-corrected chi connectivity index (χ0v) is 18.2. The number of ether oxygens (including phenoxy) is 1. The Morgan fingerprint density at radius 2 is 1.63 bits per heavy atom. The maximum absolute atomic E-state index is 13.1. The number of nitrogens with zero attached hydrogens (tertiary/aromatic N) is 1. The van der Waals surface area contributed by atoms with Gasteiger partial charge in [0.05, 0.1) is 6.61 Å². The normalized spacial score (nSPS) is 11.5. The quantitative estimate of drug-likeness (QED) is 0.492. The molecule has 0 bridgehead atoms. The van der Waals surface area contributed by atoms with Crippen LogP contribution in [0.15, 0.2) is 60.7 Å². The Balaban J connectivity index is 1.99. The predicted octanol–water partition coefficient (Wildman–Crippen LogP) is 4.57. The molecule has 0 saturated heterocycles. The van der Waals surface area contributed by atoms with E-state index in [9.17, 15) is 9.59 Å². The number of hydrogen-bond donors (Lipinski definition) is 1. The molecular formula is C25H34N2O3. The smallest absolute Gasteiger partial charge is 0.242 e. The van der Waals surface area contributed by atoms with E-state index in [4.69, 9.17) is 4.74 Å². The molecule has 1 atom stereocenters. The highest BCUT2D eigenvalue weighted by Crippen LogP contribution is 2.15. The molecule has 0 aliphatic heterocycles. The molecule has 0 aromatic heterocycles. The third-order valence-corrected chi connectivity index (χ3v) is 4.96. The molecular weight excluding hydrogens is 376 g/mol. The second-order valence-corrected chi connectivity index (χ2v) is 7.34. The summed E-state index contributed by atoms with van der Waals surface area (Å²) >= 11 is 0. The van der Waals surface area contributed by atoms with Crippen molar-refractivity contribution in [2.45, 2.75) is 58.5 Å². The summed E-state index contributed by atoms with van der Waals surface area (Å²) in [6.07, 6.45) is 3.49. The summed E-state index contributed by atoms with van der Waals surface area (Å²) in [5.74, 6) is 0.705. The van der Waals surface area contributed by atoms with Gasteiger partial charge >= 0.3 is 0 Å². The van der Waals surface area contributed by atoms with Crippen LogP contribution in [-0.4, -0.2) is 35.9 Å². The largest absolute Gasteiger partial charge is 0.494 e. The van der Waals surface area contributed by atoms with Gasteiger partial charge in [-0.2, -0.15) is 0 Å². The summed E-state index contributed by atoms with van der Waals surface area (Å²) in [4.78, 5) is 27.6. The van der Waals surface area contributed by atoms with E-state index in [0.717, 1.165) is 24.2 Å². The van der Waals surface area contributed by atoms with Crippen LogP contribution in [-0.2, 0) is 16.1 Å². The summed E-state index contributed by atoms with van der Waals surface area (Å²) in [5, 5.41) is 2.99. The second kappa shape index (κ2) is 13.4. The van der Waals surface area contributed by atoms with Gasteiger partial charge in [-0.3, -0.25) is 9.59 Å². The molecule has 162 valence electrons. The zero-order chi connectivity index (χ0) is 21.6. The number of hydrogen-bond acceptors (Lipinski definition) is 3. The van der Waals surface area contributed by atoms with E-state index in [1.165, 1.54) is 0 Å². The molecule has 5 nitrogen and oxygen atoms in total. The summed E-state index contributed by atoms with van der Waals surface area (Å²) in [5.41, 5.74) is 1.02. The summed E-state index contributed by atoms with van der Waals surface area (Å²) in [6.45, 7) is 5.58. The third kappa shape index (κ3) is 7.90. The van der Waals surface area contributed by atoms with Gasteiger partial charge in [0.1, 0.15) is 11.8 Å². The summed E-state index contributed by atoms with van der Waals surface area (Å²) < 4.78 is 5.70. The molecule has 0 saturated carbocycles. The lowest BCUT2D eigenvalue weighted by atomic mass is 10.1. The molecule has 2 aromatic carbocycles. The molecule has 5 heteroatoms. The number of para-hydroxylation sites is 1. The molecule has 1 N–H and O–H groups in total. The van der Waals surface area contributed by atoms with Crippen LogP contribution in [0.1, 0.15) is 51.5 Å². The first-order valence-corrected chi connectivity index (χ1v) is 10.9. The number of carbonyl (C=O) groups is 2. The van der Waals surface area contributed by atoms with Crippen LogP contribution in [0.4, 0.5) is 0 Å². The number of unbranched alkanes of at least 4 members (excludes halogenated alkanes) is 1. The first-order chi connectivity index (χ1) is 14.7. The Morgan fingerprint density at radius 3 is 2.27 bits per heavy atom. The standard InChI is InChI=1S/C25H34N2O3/c1-3-5-18-26-25(29)23(4-2)27(20-21-13-8-6-9-14-21)24(28)17-12-19-30-22-15-10-7-11-16-22/h6-11,13-16,23H,3-5,12,17-20H2,1-2H3,(H,26,29)/t23-/m0/s1. The van der Waals surface area contributed by atoms with Gasteiger partial charge in [-0.1, -0.05) is 68.8 Å². The van der Waals surface area contributed by atoms with E-state index in [1.807, 2.05) is 67.6 Å². The summed E-state index contributed by atoms with van der Waals surface area (Å²) in [6, 6.07) is 18.9. The molecule has 0 fully saturated rings. The van der Waals surface area contributed by atoms with Gasteiger partial charge in [0, 0.05) is 19.5 Å². The van der Waals surface area contributed by atoms with Crippen LogP contribution < -0.4 is 10.1 Å². The lowest BCUT2D eigenvalue weighted by Crippen LogP contribution is -2.49. The molecule has 30 heavy (non-hydrogen) atoms. The molecule has 0 unspecified atom stereocenters. The molecule has 0 aliphatic carbocycles. The monoisotopic (exact) mass is 410 g/mol. The van der Waals surface area contributed by atoms with Crippen LogP contribution in [0.3, 0.4) is 0 Å². The van der Waals surface area contributed by atoms with Crippen molar-refractivity contribution < 1.29 is 14.3 Å². The average Bonchev–Trinajstić information content (AvgIpc) is 2.78. The van der Waals surface area contributed by atoms with Crippen LogP contribution in [0.25, 0.3) is 0 Å². The van der Waals surface area contributed by atoms with Crippen molar-refractivity contribution in [3.63, 3.8) is 0 Å². The van der Waals surface area contributed by atoms with E-state index in [2.05, 4.69) is 12.2 Å². The zero-order valence-electron chi connectivity index (χ0n) is 18.2. The van der Waals surface area contributed by atoms with Gasteiger partial charge in [0.2, 0.25) is 11.8 Å². The van der Waals surface area contributed by atoms with Crippen molar-refractivity contribution in [1.82, 2.24) is 10.2 Å². The molecule has 0 heterocycles. The lowest BCUT2D eigenvalue weighted by Gasteiger charge is -2.30. The number of nitrogens with one attached hydrogen (secondary N) is 1. The van der Waals surface area contributed by atoms with Gasteiger partial charge in [0.15, 0.2) is 0 Å². The first-order valence-electron chi connectivity index (χ1n) is 10.9. The minimum Gasteiger partial charge on any atom is -0.494 e. The van der Waals surface area contributed by atoms with Crippen molar-refractivity contribution in [3.05, 3.63) is 66.2 Å². The fraction of sp³-hybridized carbons (Fsp3) is 0.440. The number of benzene rings is 2. The number of carbonyl (C=O) groups excluding carboxylic acids is 2. The highest BCUT2D eigenvalue weighted by atomic mass is 16.5. The Morgan fingerprint density at radius 1 is 0.967 bits per heavy atom. The minimum absolute atomic E-state index is 0.0204. The van der Waals surface area contributed by atoms with E-state index < -0.39 is 6.04 Å². The van der Waals surface area contributed by atoms with Gasteiger partial charge in [-0.25, -0.2) is 0 Å². The van der Waals surface area contributed by atoms with Crippen molar-refractivity contribution in [1.29, 1.82) is 0 Å². The van der Waals surface area contributed by atoms with Crippen molar-refractivity contribution in [2.24, 2.45) is 0 Å². The lowest BCUT2D eigenvalue weighted by molar-refractivity contribution is -0.141. The Hall–Kier alpha value is -2.82. The Kier molecular flexibility index (Phi) is 10.5. The topological polar surface area (TPSA) is 58.6 Å². The molecule has 2 aromatic rings. The molecule has 0 radical (unpaired) electrons. The highest BCUT2D eigenvalue weighted by Gasteiger charge is 2.28. The second-order valence-electron chi connectivity index (χ2n) is 7.34. The van der Waals surface area contributed by atoms with E-state index in [1.54, 1.807) is 4.90 Å². The number of rotatable bonds is 13. The fourth-order valence-corrected chi connectivity index (χ4v) is 3.28. The Labute approximate surface area is 180 Å². The summed E-state index contributed by atoms with van der Waals surface area (Å²) in [7, 11) is 0. The van der Waals surface area contributed by atoms with Crippen LogP contribution in [0, 0.1) is 0 Å². The highest BCUT2D eigenvalue weighted by molar-refractivity contribution is 5.87. The van der Waals surface area contributed by atoms with Gasteiger partial charge in [-0.05, 0) is 37.0 Å². The van der Waals surface area contributed by atoms with Crippen LogP contribution >= 0.6 is 0 Å². The van der Waals surface area contributed by atoms with E-state index in [0.29, 0.717) is 39.0 Å². The third-order valence-electron chi connectivity index (χ3n) is 4.96. The average molecular weight is 411 g/mol. The van der Waals surface area contributed by atoms with Crippen molar-refractivity contribution >= 4 is 11.8 Å². The molecule has 0 spiro atoms.